The summed E-state index contributed by atoms with van der Waals surface area (Å²) in [7, 11) is 0. The summed E-state index contributed by atoms with van der Waals surface area (Å²) in [6, 6.07) is 0.445. The topological polar surface area (TPSA) is 30.3 Å². The third-order valence-electron chi connectivity index (χ3n) is 2.78. The minimum absolute atomic E-state index is 0.445. The Morgan fingerprint density at radius 2 is 2.12 bits per heavy atom. The molecule has 1 fully saturated rings. The second-order valence-electron chi connectivity index (χ2n) is 4.39. The van der Waals surface area contributed by atoms with E-state index in [2.05, 4.69) is 50.4 Å². The van der Waals surface area contributed by atoms with Gasteiger partial charge in [-0.2, -0.15) is 0 Å². The van der Waals surface area contributed by atoms with E-state index in [0.717, 1.165) is 43.3 Å². The van der Waals surface area contributed by atoms with Gasteiger partial charge in [-0.05, 0) is 29.8 Å². The Kier molecular flexibility index (Phi) is 4.00. The molecular formula is C11H18BrN3O. The van der Waals surface area contributed by atoms with E-state index in [1.165, 1.54) is 0 Å². The van der Waals surface area contributed by atoms with Crippen molar-refractivity contribution < 1.29 is 4.74 Å². The molecule has 1 aliphatic rings. The van der Waals surface area contributed by atoms with E-state index in [9.17, 15) is 0 Å². The highest BCUT2D eigenvalue weighted by atomic mass is 79.9. The van der Waals surface area contributed by atoms with Crippen molar-refractivity contribution in [3.05, 3.63) is 16.6 Å². The first-order valence-corrected chi connectivity index (χ1v) is 6.49. The first-order chi connectivity index (χ1) is 7.66. The molecule has 4 nitrogen and oxygen atoms in total. The molecule has 2 rings (SSSR count). The van der Waals surface area contributed by atoms with Crippen molar-refractivity contribution in [2.75, 3.05) is 26.3 Å². The van der Waals surface area contributed by atoms with Gasteiger partial charge in [0.2, 0.25) is 0 Å². The molecular weight excluding hydrogens is 270 g/mol. The molecule has 0 amide bonds. The third kappa shape index (κ3) is 2.84. The number of rotatable bonds is 3. The van der Waals surface area contributed by atoms with Crippen LogP contribution in [0, 0.1) is 0 Å². The van der Waals surface area contributed by atoms with Crippen LogP contribution in [-0.4, -0.2) is 40.8 Å². The van der Waals surface area contributed by atoms with Crippen molar-refractivity contribution >= 4 is 15.9 Å². The molecule has 0 atom stereocenters. The Hall–Kier alpha value is -0.390. The van der Waals surface area contributed by atoms with E-state index in [1.54, 1.807) is 0 Å². The Morgan fingerprint density at radius 1 is 1.44 bits per heavy atom. The van der Waals surface area contributed by atoms with E-state index in [4.69, 9.17) is 4.74 Å². The van der Waals surface area contributed by atoms with Gasteiger partial charge in [0.05, 0.1) is 18.9 Å². The Morgan fingerprint density at radius 3 is 2.69 bits per heavy atom. The van der Waals surface area contributed by atoms with Crippen molar-refractivity contribution in [3.8, 4) is 0 Å². The normalized spacial score (nSPS) is 18.2. The lowest BCUT2D eigenvalue weighted by molar-refractivity contribution is 0.0337. The summed E-state index contributed by atoms with van der Waals surface area (Å²) in [4.78, 5) is 6.90. The van der Waals surface area contributed by atoms with Crippen LogP contribution in [0.4, 0.5) is 0 Å². The summed E-state index contributed by atoms with van der Waals surface area (Å²) >= 11 is 3.49. The SMILES string of the molecule is CC(C)n1cc(CN2CCOCC2)nc1Br. The van der Waals surface area contributed by atoms with Crippen molar-refractivity contribution in [1.29, 1.82) is 0 Å². The molecule has 1 aromatic heterocycles. The van der Waals surface area contributed by atoms with Crippen molar-refractivity contribution in [2.24, 2.45) is 0 Å². The van der Waals surface area contributed by atoms with Gasteiger partial charge in [0.1, 0.15) is 0 Å². The standard InChI is InChI=1S/C11H18BrN3O/c1-9(2)15-8-10(13-11(15)12)7-14-3-5-16-6-4-14/h8-9H,3-7H2,1-2H3. The molecule has 0 N–H and O–H groups in total. The van der Waals surface area contributed by atoms with Crippen LogP contribution < -0.4 is 0 Å². The van der Waals surface area contributed by atoms with Gasteiger partial charge in [0, 0.05) is 31.9 Å². The molecule has 0 aliphatic carbocycles. The Labute approximate surface area is 105 Å². The smallest absolute Gasteiger partial charge is 0.177 e. The van der Waals surface area contributed by atoms with Crippen molar-refractivity contribution in [1.82, 2.24) is 14.5 Å². The minimum atomic E-state index is 0.445. The molecule has 2 heterocycles. The molecule has 0 aromatic carbocycles. The van der Waals surface area contributed by atoms with Crippen LogP contribution >= 0.6 is 15.9 Å². The summed E-state index contributed by atoms with van der Waals surface area (Å²) in [5.41, 5.74) is 1.13. The summed E-state index contributed by atoms with van der Waals surface area (Å²) in [6.45, 7) is 8.92. The molecule has 5 heteroatoms. The highest BCUT2D eigenvalue weighted by Gasteiger charge is 2.14. The van der Waals surface area contributed by atoms with Crippen molar-refractivity contribution in [2.45, 2.75) is 26.4 Å². The molecule has 90 valence electrons. The Balaban J connectivity index is 2.01. The fourth-order valence-corrected chi connectivity index (χ4v) is 2.59. The first-order valence-electron chi connectivity index (χ1n) is 5.70. The zero-order valence-electron chi connectivity index (χ0n) is 9.82. The molecule has 1 aliphatic heterocycles. The molecule has 16 heavy (non-hydrogen) atoms. The van der Waals surface area contributed by atoms with Gasteiger partial charge >= 0.3 is 0 Å². The first kappa shape index (κ1) is 12.1. The number of hydrogen-bond donors (Lipinski definition) is 0. The number of aromatic nitrogens is 2. The summed E-state index contributed by atoms with van der Waals surface area (Å²) in [5, 5.41) is 0. The number of imidazole rings is 1. The maximum absolute atomic E-state index is 5.33. The fraction of sp³-hybridized carbons (Fsp3) is 0.727. The lowest BCUT2D eigenvalue weighted by Gasteiger charge is -2.25. The molecule has 0 spiro atoms. The lowest BCUT2D eigenvalue weighted by atomic mass is 10.3. The predicted octanol–water partition coefficient (Wildman–Crippen LogP) is 2.06. The summed E-state index contributed by atoms with van der Waals surface area (Å²) in [5.74, 6) is 0. The maximum atomic E-state index is 5.33. The summed E-state index contributed by atoms with van der Waals surface area (Å²) in [6.07, 6.45) is 2.13. The monoisotopic (exact) mass is 287 g/mol. The van der Waals surface area contributed by atoms with Crippen LogP contribution in [0.25, 0.3) is 0 Å². The fourth-order valence-electron chi connectivity index (χ4n) is 1.85. The number of morpholine rings is 1. The van der Waals surface area contributed by atoms with Gasteiger partial charge in [0.25, 0.3) is 0 Å². The number of ether oxygens (including phenoxy) is 1. The van der Waals surface area contributed by atoms with Crippen LogP contribution in [0.5, 0.6) is 0 Å². The van der Waals surface area contributed by atoms with Crippen LogP contribution in [0.15, 0.2) is 10.9 Å². The molecule has 0 unspecified atom stereocenters. The molecule has 0 radical (unpaired) electrons. The van der Waals surface area contributed by atoms with Gasteiger partial charge in [0.15, 0.2) is 4.73 Å². The summed E-state index contributed by atoms with van der Waals surface area (Å²) < 4.78 is 8.40. The lowest BCUT2D eigenvalue weighted by Crippen LogP contribution is -2.35. The molecule has 0 bridgehead atoms. The van der Waals surface area contributed by atoms with Crippen LogP contribution in [0.2, 0.25) is 0 Å². The van der Waals surface area contributed by atoms with Crippen LogP contribution in [0.3, 0.4) is 0 Å². The molecule has 0 saturated carbocycles. The number of hydrogen-bond acceptors (Lipinski definition) is 3. The Bertz CT molecular complexity index is 345. The number of nitrogens with zero attached hydrogens (tertiary/aromatic N) is 3. The van der Waals surface area contributed by atoms with Gasteiger partial charge < -0.3 is 9.30 Å². The highest BCUT2D eigenvalue weighted by Crippen LogP contribution is 2.17. The van der Waals surface area contributed by atoms with Crippen LogP contribution in [0.1, 0.15) is 25.6 Å². The molecule has 1 saturated heterocycles. The van der Waals surface area contributed by atoms with Crippen LogP contribution in [-0.2, 0) is 11.3 Å². The second-order valence-corrected chi connectivity index (χ2v) is 5.10. The highest BCUT2D eigenvalue weighted by molar-refractivity contribution is 9.10. The molecule has 1 aromatic rings. The predicted molar refractivity (Wildman–Crippen MR) is 66.4 cm³/mol. The van der Waals surface area contributed by atoms with E-state index in [0.29, 0.717) is 6.04 Å². The van der Waals surface area contributed by atoms with Gasteiger partial charge in [-0.3, -0.25) is 4.90 Å². The number of halogens is 1. The average molecular weight is 288 g/mol. The zero-order valence-corrected chi connectivity index (χ0v) is 11.4. The van der Waals surface area contributed by atoms with Gasteiger partial charge in [-0.15, -0.1) is 0 Å². The zero-order chi connectivity index (χ0) is 11.5. The maximum Gasteiger partial charge on any atom is 0.177 e. The second kappa shape index (κ2) is 5.29. The van der Waals surface area contributed by atoms with Gasteiger partial charge in [-0.25, -0.2) is 4.98 Å². The van der Waals surface area contributed by atoms with E-state index in [-0.39, 0.29) is 0 Å². The quantitative estimate of drug-likeness (QED) is 0.853. The largest absolute Gasteiger partial charge is 0.379 e. The van der Waals surface area contributed by atoms with Gasteiger partial charge in [-0.1, -0.05) is 0 Å². The van der Waals surface area contributed by atoms with Crippen molar-refractivity contribution in [3.63, 3.8) is 0 Å². The third-order valence-corrected chi connectivity index (χ3v) is 3.37. The van der Waals surface area contributed by atoms with E-state index < -0.39 is 0 Å². The van der Waals surface area contributed by atoms with E-state index in [1.807, 2.05) is 0 Å². The average Bonchev–Trinajstić information content (AvgIpc) is 2.61. The van der Waals surface area contributed by atoms with E-state index >= 15 is 0 Å². The minimum Gasteiger partial charge on any atom is -0.379 e.